The molecule has 0 unspecified atom stereocenters. The standard InChI is InChI=1S/C48H64O10/c1-37(35-45(49)57-43-17-9-7-10-18-43)47(51)55-33-15-5-3-13-31-53-41-27-23-39(24-28-41)21-22-40-25-29-42(30-26-40)54-32-14-4-6-16-34-56-48(52)38(2)36-46(50)58-44-19-11-8-12-20-44/h21-30,43-44H,1-20,31-36H2/b22-21+. The molecule has 10 nitrogen and oxygen atoms in total. The Bertz CT molecular complexity index is 1480. The second-order valence-electron chi connectivity index (χ2n) is 15.3. The van der Waals surface area contributed by atoms with Crippen LogP contribution >= 0.6 is 0 Å². The highest BCUT2D eigenvalue weighted by Gasteiger charge is 2.21. The summed E-state index contributed by atoms with van der Waals surface area (Å²) in [6, 6.07) is 16.0. The van der Waals surface area contributed by atoms with Gasteiger partial charge in [-0.3, -0.25) is 9.59 Å². The van der Waals surface area contributed by atoms with E-state index in [4.69, 9.17) is 28.4 Å². The molecule has 0 bridgehead atoms. The molecule has 0 aromatic heterocycles. The summed E-state index contributed by atoms with van der Waals surface area (Å²) in [5.74, 6) is -0.221. The third-order valence-electron chi connectivity index (χ3n) is 10.3. The second-order valence-corrected chi connectivity index (χ2v) is 15.3. The van der Waals surface area contributed by atoms with E-state index < -0.39 is 23.9 Å². The number of esters is 4. The van der Waals surface area contributed by atoms with Crippen LogP contribution in [0.5, 0.6) is 11.5 Å². The summed E-state index contributed by atoms with van der Waals surface area (Å²) in [5, 5.41) is 0. The molecule has 0 atom stereocenters. The van der Waals surface area contributed by atoms with E-state index >= 15 is 0 Å². The molecular formula is C48H64O10. The number of benzene rings is 2. The topological polar surface area (TPSA) is 124 Å². The van der Waals surface area contributed by atoms with Crippen LogP contribution < -0.4 is 9.47 Å². The van der Waals surface area contributed by atoms with Gasteiger partial charge >= 0.3 is 23.9 Å². The maximum Gasteiger partial charge on any atom is 0.333 e. The molecule has 2 aliphatic rings. The van der Waals surface area contributed by atoms with Gasteiger partial charge in [0.25, 0.3) is 0 Å². The molecule has 2 aromatic carbocycles. The zero-order chi connectivity index (χ0) is 41.2. The van der Waals surface area contributed by atoms with Crippen LogP contribution in [0.1, 0.15) is 140 Å². The van der Waals surface area contributed by atoms with Crippen molar-refractivity contribution in [1.29, 1.82) is 0 Å². The average Bonchev–Trinajstić information content (AvgIpc) is 3.23. The van der Waals surface area contributed by atoms with Crippen molar-refractivity contribution in [2.45, 2.75) is 141 Å². The van der Waals surface area contributed by atoms with Crippen molar-refractivity contribution in [3.8, 4) is 11.5 Å². The van der Waals surface area contributed by atoms with Gasteiger partial charge < -0.3 is 28.4 Å². The van der Waals surface area contributed by atoms with Crippen LogP contribution in [-0.2, 0) is 38.1 Å². The molecule has 2 aromatic rings. The van der Waals surface area contributed by atoms with Crippen LogP contribution in [0.25, 0.3) is 12.2 Å². The lowest BCUT2D eigenvalue weighted by atomic mass is 9.98. The van der Waals surface area contributed by atoms with Crippen LogP contribution in [0.2, 0.25) is 0 Å². The molecule has 2 aliphatic carbocycles. The Hall–Kier alpha value is -4.86. The first-order chi connectivity index (χ1) is 28.2. The van der Waals surface area contributed by atoms with Gasteiger partial charge in [0.2, 0.25) is 0 Å². The summed E-state index contributed by atoms with van der Waals surface area (Å²) in [7, 11) is 0. The number of hydrogen-bond acceptors (Lipinski definition) is 10. The molecule has 0 spiro atoms. The number of hydrogen-bond donors (Lipinski definition) is 0. The van der Waals surface area contributed by atoms with Gasteiger partial charge in [0.05, 0.1) is 39.3 Å². The van der Waals surface area contributed by atoms with Gasteiger partial charge in [0, 0.05) is 11.1 Å². The van der Waals surface area contributed by atoms with Crippen molar-refractivity contribution < 1.29 is 47.6 Å². The van der Waals surface area contributed by atoms with Gasteiger partial charge in [0.1, 0.15) is 23.7 Å². The van der Waals surface area contributed by atoms with E-state index in [1.165, 1.54) is 12.8 Å². The molecule has 0 amide bonds. The number of carbonyl (C=O) groups excluding carboxylic acids is 4. The van der Waals surface area contributed by atoms with Crippen molar-refractivity contribution in [1.82, 2.24) is 0 Å². The van der Waals surface area contributed by atoms with Crippen molar-refractivity contribution >= 4 is 36.0 Å². The summed E-state index contributed by atoms with van der Waals surface area (Å²) in [6.45, 7) is 9.24. The fraction of sp³-hybridized carbons (Fsp3) is 0.542. The Balaban J connectivity index is 0.962. The molecular weight excluding hydrogens is 737 g/mol. The van der Waals surface area contributed by atoms with E-state index in [-0.39, 0.29) is 36.2 Å². The van der Waals surface area contributed by atoms with E-state index in [0.717, 1.165) is 125 Å². The van der Waals surface area contributed by atoms with E-state index in [9.17, 15) is 19.2 Å². The van der Waals surface area contributed by atoms with Gasteiger partial charge in [-0.2, -0.15) is 0 Å². The van der Waals surface area contributed by atoms with Gasteiger partial charge in [0.15, 0.2) is 0 Å². The summed E-state index contributed by atoms with van der Waals surface area (Å²) < 4.78 is 33.3. The van der Waals surface area contributed by atoms with Crippen LogP contribution in [-0.4, -0.2) is 62.5 Å². The Morgan fingerprint density at radius 2 is 0.828 bits per heavy atom. The highest BCUT2D eigenvalue weighted by Crippen LogP contribution is 2.23. The smallest absolute Gasteiger partial charge is 0.333 e. The van der Waals surface area contributed by atoms with E-state index in [2.05, 4.69) is 25.3 Å². The molecule has 0 radical (unpaired) electrons. The summed E-state index contributed by atoms with van der Waals surface area (Å²) in [4.78, 5) is 48.5. The van der Waals surface area contributed by atoms with Crippen molar-refractivity contribution in [2.24, 2.45) is 0 Å². The molecule has 10 heteroatoms. The lowest BCUT2D eigenvalue weighted by Crippen LogP contribution is -2.22. The quantitative estimate of drug-likeness (QED) is 0.0299. The van der Waals surface area contributed by atoms with Crippen LogP contribution in [0, 0.1) is 0 Å². The molecule has 4 rings (SSSR count). The number of carbonyl (C=O) groups is 4. The third kappa shape index (κ3) is 19.1. The Labute approximate surface area is 345 Å². The van der Waals surface area contributed by atoms with Crippen molar-refractivity contribution in [3.05, 3.63) is 84.0 Å². The minimum Gasteiger partial charge on any atom is -0.494 e. The van der Waals surface area contributed by atoms with Crippen molar-refractivity contribution in [3.63, 3.8) is 0 Å². The van der Waals surface area contributed by atoms with Gasteiger partial charge in [-0.05, 0) is 138 Å². The minimum atomic E-state index is -0.531. The first-order valence-electron chi connectivity index (χ1n) is 21.5. The van der Waals surface area contributed by atoms with Crippen LogP contribution in [0.3, 0.4) is 0 Å². The third-order valence-corrected chi connectivity index (χ3v) is 10.3. The highest BCUT2D eigenvalue weighted by molar-refractivity contribution is 5.93. The predicted molar refractivity (Wildman–Crippen MR) is 225 cm³/mol. The Kier molecular flexibility index (Phi) is 21.3. The fourth-order valence-corrected chi connectivity index (χ4v) is 6.89. The fourth-order valence-electron chi connectivity index (χ4n) is 6.89. The van der Waals surface area contributed by atoms with E-state index in [0.29, 0.717) is 26.4 Å². The molecule has 316 valence electrons. The zero-order valence-corrected chi connectivity index (χ0v) is 34.4. The normalized spacial score (nSPS) is 14.7. The predicted octanol–water partition coefficient (Wildman–Crippen LogP) is 10.5. The number of rotatable bonds is 26. The Morgan fingerprint density at radius 1 is 0.483 bits per heavy atom. The zero-order valence-electron chi connectivity index (χ0n) is 34.4. The molecule has 0 saturated heterocycles. The minimum absolute atomic E-state index is 0.0332. The molecule has 0 heterocycles. The molecule has 0 aliphatic heterocycles. The average molecular weight is 801 g/mol. The lowest BCUT2D eigenvalue weighted by molar-refractivity contribution is -0.152. The summed E-state index contributed by atoms with van der Waals surface area (Å²) in [6.07, 6.45) is 21.1. The molecule has 0 N–H and O–H groups in total. The maximum absolute atomic E-state index is 12.2. The van der Waals surface area contributed by atoms with E-state index in [1.807, 2.05) is 48.5 Å². The number of ether oxygens (including phenoxy) is 6. The second kappa shape index (κ2) is 26.9. The summed E-state index contributed by atoms with van der Waals surface area (Å²) >= 11 is 0. The lowest BCUT2D eigenvalue weighted by Gasteiger charge is -2.21. The molecule has 58 heavy (non-hydrogen) atoms. The largest absolute Gasteiger partial charge is 0.494 e. The van der Waals surface area contributed by atoms with Crippen LogP contribution in [0.4, 0.5) is 0 Å². The molecule has 2 fully saturated rings. The van der Waals surface area contributed by atoms with E-state index in [1.54, 1.807) is 0 Å². The Morgan fingerprint density at radius 3 is 1.19 bits per heavy atom. The number of unbranched alkanes of at least 4 members (excludes halogenated alkanes) is 6. The van der Waals surface area contributed by atoms with Gasteiger partial charge in [-0.25, -0.2) is 9.59 Å². The van der Waals surface area contributed by atoms with Gasteiger partial charge in [-0.1, -0.05) is 62.4 Å². The first-order valence-corrected chi connectivity index (χ1v) is 21.5. The first kappa shape index (κ1) is 45.8. The highest BCUT2D eigenvalue weighted by atomic mass is 16.6. The maximum atomic E-state index is 12.2. The molecule has 2 saturated carbocycles. The van der Waals surface area contributed by atoms with Crippen LogP contribution in [0.15, 0.2) is 72.8 Å². The monoisotopic (exact) mass is 800 g/mol. The van der Waals surface area contributed by atoms with Gasteiger partial charge in [-0.15, -0.1) is 0 Å². The summed E-state index contributed by atoms with van der Waals surface area (Å²) in [5.41, 5.74) is 2.42. The van der Waals surface area contributed by atoms with Crippen molar-refractivity contribution in [2.75, 3.05) is 26.4 Å². The SMILES string of the molecule is C=C(CC(=O)OC1CCCCC1)C(=O)OCCCCCCOc1ccc(/C=C/c2ccc(OCCCCCCOC(=O)C(=C)CC(=O)OC3CCCCC3)cc2)cc1.